The van der Waals surface area contributed by atoms with Crippen molar-refractivity contribution >= 4 is 15.9 Å². The summed E-state index contributed by atoms with van der Waals surface area (Å²) in [6.07, 6.45) is 3.30. The molecule has 1 amide bonds. The molecule has 1 aliphatic heterocycles. The quantitative estimate of drug-likeness (QED) is 0.829. The van der Waals surface area contributed by atoms with Gasteiger partial charge >= 0.3 is 0 Å². The fraction of sp³-hybridized carbons (Fsp3) is 0.533. The van der Waals surface area contributed by atoms with Gasteiger partial charge < -0.3 is 11.1 Å². The molecule has 120 valence electrons. The summed E-state index contributed by atoms with van der Waals surface area (Å²) in [5.74, 6) is -0.138. The van der Waals surface area contributed by atoms with Crippen LogP contribution in [-0.4, -0.2) is 37.3 Å². The predicted octanol–water partition coefficient (Wildman–Crippen LogP) is 0.579. The topological polar surface area (TPSA) is 92.5 Å². The highest BCUT2D eigenvalue weighted by Gasteiger charge is 2.45. The molecule has 1 aliphatic carbocycles. The lowest BCUT2D eigenvalue weighted by Gasteiger charge is -2.16. The van der Waals surface area contributed by atoms with E-state index < -0.39 is 15.6 Å². The number of sulfonamides is 1. The molecule has 1 saturated carbocycles. The summed E-state index contributed by atoms with van der Waals surface area (Å²) in [5.41, 5.74) is 5.99. The van der Waals surface area contributed by atoms with Gasteiger partial charge in [0.1, 0.15) is 0 Å². The molecule has 1 aromatic carbocycles. The van der Waals surface area contributed by atoms with E-state index in [0.29, 0.717) is 24.5 Å². The molecular weight excluding hydrogens is 302 g/mol. The number of benzene rings is 1. The van der Waals surface area contributed by atoms with Crippen LogP contribution >= 0.6 is 0 Å². The van der Waals surface area contributed by atoms with Crippen molar-refractivity contribution in [2.45, 2.75) is 42.7 Å². The molecule has 22 heavy (non-hydrogen) atoms. The molecule has 2 fully saturated rings. The molecule has 0 radical (unpaired) electrons. The maximum atomic E-state index is 12.4. The highest BCUT2D eigenvalue weighted by Crippen LogP contribution is 2.32. The minimum absolute atomic E-state index is 0.138. The van der Waals surface area contributed by atoms with Gasteiger partial charge in [-0.25, -0.2) is 8.42 Å². The Labute approximate surface area is 130 Å². The monoisotopic (exact) mass is 323 g/mol. The van der Waals surface area contributed by atoms with Crippen LogP contribution in [-0.2, 0) is 21.4 Å². The summed E-state index contributed by atoms with van der Waals surface area (Å²) in [4.78, 5) is 12.1. The second-order valence-electron chi connectivity index (χ2n) is 6.09. The van der Waals surface area contributed by atoms with E-state index in [1.807, 2.05) is 0 Å². The summed E-state index contributed by atoms with van der Waals surface area (Å²) in [7, 11) is -3.37. The van der Waals surface area contributed by atoms with Crippen molar-refractivity contribution in [1.82, 2.24) is 9.62 Å². The van der Waals surface area contributed by atoms with E-state index in [0.717, 1.165) is 31.2 Å². The lowest BCUT2D eigenvalue weighted by molar-refractivity contribution is -0.123. The van der Waals surface area contributed by atoms with Gasteiger partial charge in [0.25, 0.3) is 0 Å². The number of hydrogen-bond donors (Lipinski definition) is 2. The van der Waals surface area contributed by atoms with E-state index in [-0.39, 0.29) is 5.91 Å². The van der Waals surface area contributed by atoms with Gasteiger partial charge in [-0.3, -0.25) is 4.79 Å². The molecule has 3 N–H and O–H groups in total. The molecule has 1 aromatic rings. The minimum atomic E-state index is -3.37. The molecule has 7 heteroatoms. The molecule has 0 atom stereocenters. The first-order chi connectivity index (χ1) is 10.4. The highest BCUT2D eigenvalue weighted by molar-refractivity contribution is 7.89. The lowest BCUT2D eigenvalue weighted by atomic mass is 10.2. The van der Waals surface area contributed by atoms with E-state index in [1.165, 1.54) is 4.31 Å². The SMILES string of the molecule is NC1(C(=O)NCc2ccc(S(=O)(=O)N3CCCC3)cc2)CC1. The summed E-state index contributed by atoms with van der Waals surface area (Å²) in [6.45, 7) is 1.55. The molecule has 6 nitrogen and oxygen atoms in total. The third-order valence-corrected chi connectivity index (χ3v) is 6.23. The number of carbonyl (C=O) groups excluding carboxylic acids is 1. The van der Waals surface area contributed by atoms with Gasteiger partial charge in [0.15, 0.2) is 0 Å². The summed E-state index contributed by atoms with van der Waals surface area (Å²) < 4.78 is 26.3. The van der Waals surface area contributed by atoms with Crippen LogP contribution in [0.1, 0.15) is 31.2 Å². The van der Waals surface area contributed by atoms with Crippen molar-refractivity contribution in [1.29, 1.82) is 0 Å². The standard InChI is InChI=1S/C15H21N3O3S/c16-15(7-8-15)14(19)17-11-12-3-5-13(6-4-12)22(20,21)18-9-1-2-10-18/h3-6H,1-2,7-11,16H2,(H,17,19). The number of nitrogens with zero attached hydrogens (tertiary/aromatic N) is 1. The molecule has 0 unspecified atom stereocenters. The molecule has 2 aliphatic rings. The Kier molecular flexibility index (Phi) is 3.96. The predicted molar refractivity (Wildman–Crippen MR) is 82.4 cm³/mol. The van der Waals surface area contributed by atoms with Crippen LogP contribution in [0, 0.1) is 0 Å². The zero-order valence-corrected chi connectivity index (χ0v) is 13.2. The number of carbonyl (C=O) groups is 1. The average Bonchev–Trinajstić information content (AvgIpc) is 3.05. The van der Waals surface area contributed by atoms with Crippen molar-refractivity contribution in [2.75, 3.05) is 13.1 Å². The van der Waals surface area contributed by atoms with Crippen LogP contribution in [0.3, 0.4) is 0 Å². The van der Waals surface area contributed by atoms with E-state index in [2.05, 4.69) is 5.32 Å². The van der Waals surface area contributed by atoms with Gasteiger partial charge in [0, 0.05) is 19.6 Å². The molecule has 0 spiro atoms. The van der Waals surface area contributed by atoms with E-state index in [4.69, 9.17) is 5.73 Å². The highest BCUT2D eigenvalue weighted by atomic mass is 32.2. The van der Waals surface area contributed by atoms with Gasteiger partial charge in [-0.05, 0) is 43.4 Å². The first-order valence-electron chi connectivity index (χ1n) is 7.58. The third-order valence-electron chi connectivity index (χ3n) is 4.32. The van der Waals surface area contributed by atoms with Gasteiger partial charge in [0.05, 0.1) is 10.4 Å². The molecule has 1 heterocycles. The number of nitrogens with one attached hydrogen (secondary N) is 1. The molecular formula is C15H21N3O3S. The third kappa shape index (κ3) is 3.02. The Morgan fingerprint density at radius 2 is 1.77 bits per heavy atom. The van der Waals surface area contributed by atoms with Crippen LogP contribution in [0.15, 0.2) is 29.2 Å². The summed E-state index contributed by atoms with van der Waals surface area (Å²) >= 11 is 0. The minimum Gasteiger partial charge on any atom is -0.350 e. The van der Waals surface area contributed by atoms with E-state index >= 15 is 0 Å². The van der Waals surface area contributed by atoms with Gasteiger partial charge in [-0.2, -0.15) is 4.31 Å². The first kappa shape index (κ1) is 15.5. The number of amides is 1. The Morgan fingerprint density at radius 1 is 1.18 bits per heavy atom. The first-order valence-corrected chi connectivity index (χ1v) is 9.02. The normalized spacial score (nSPS) is 20.8. The van der Waals surface area contributed by atoms with Crippen LogP contribution in [0.4, 0.5) is 0 Å². The van der Waals surface area contributed by atoms with E-state index in [1.54, 1.807) is 24.3 Å². The molecule has 0 aromatic heterocycles. The number of nitrogens with two attached hydrogens (primary N) is 1. The molecule has 0 bridgehead atoms. The van der Waals surface area contributed by atoms with Crippen molar-refractivity contribution in [2.24, 2.45) is 5.73 Å². The zero-order chi connectivity index (χ0) is 15.8. The molecule has 1 saturated heterocycles. The molecule has 3 rings (SSSR count). The number of hydrogen-bond acceptors (Lipinski definition) is 4. The Balaban J connectivity index is 1.63. The Hall–Kier alpha value is -1.44. The number of rotatable bonds is 5. The van der Waals surface area contributed by atoms with Crippen molar-refractivity contribution < 1.29 is 13.2 Å². The fourth-order valence-corrected chi connectivity index (χ4v) is 4.09. The Morgan fingerprint density at radius 3 is 2.32 bits per heavy atom. The summed E-state index contributed by atoms with van der Waals surface area (Å²) in [6, 6.07) is 6.67. The van der Waals surface area contributed by atoms with Crippen LogP contribution in [0.5, 0.6) is 0 Å². The Bertz CT molecular complexity index is 660. The zero-order valence-electron chi connectivity index (χ0n) is 12.4. The average molecular weight is 323 g/mol. The van der Waals surface area contributed by atoms with Crippen LogP contribution < -0.4 is 11.1 Å². The van der Waals surface area contributed by atoms with Gasteiger partial charge in [0.2, 0.25) is 15.9 Å². The van der Waals surface area contributed by atoms with Crippen molar-refractivity contribution in [3.05, 3.63) is 29.8 Å². The maximum absolute atomic E-state index is 12.4. The van der Waals surface area contributed by atoms with Gasteiger partial charge in [-0.1, -0.05) is 12.1 Å². The van der Waals surface area contributed by atoms with Crippen LogP contribution in [0.2, 0.25) is 0 Å². The second-order valence-corrected chi connectivity index (χ2v) is 8.03. The van der Waals surface area contributed by atoms with Crippen LogP contribution in [0.25, 0.3) is 0 Å². The van der Waals surface area contributed by atoms with Crippen molar-refractivity contribution in [3.63, 3.8) is 0 Å². The fourth-order valence-electron chi connectivity index (χ4n) is 2.58. The van der Waals surface area contributed by atoms with Gasteiger partial charge in [-0.15, -0.1) is 0 Å². The largest absolute Gasteiger partial charge is 0.350 e. The summed E-state index contributed by atoms with van der Waals surface area (Å²) in [5, 5.41) is 2.79. The van der Waals surface area contributed by atoms with E-state index in [9.17, 15) is 13.2 Å². The maximum Gasteiger partial charge on any atom is 0.243 e. The second kappa shape index (κ2) is 5.64. The lowest BCUT2D eigenvalue weighted by Crippen LogP contribution is -2.42. The smallest absolute Gasteiger partial charge is 0.243 e. The van der Waals surface area contributed by atoms with Crippen molar-refractivity contribution in [3.8, 4) is 0 Å².